The van der Waals surface area contributed by atoms with Crippen molar-refractivity contribution in [3.05, 3.63) is 23.8 Å². The Morgan fingerprint density at radius 1 is 1.05 bits per heavy atom. The first-order valence-corrected chi connectivity index (χ1v) is 7.00. The number of nitrogens with one attached hydrogen (secondary N) is 1. The fourth-order valence-electron chi connectivity index (χ4n) is 1.69. The van der Waals surface area contributed by atoms with Gasteiger partial charge in [-0.05, 0) is 38.5 Å². The summed E-state index contributed by atoms with van der Waals surface area (Å²) in [5, 5.41) is 3.46. The molecule has 0 radical (unpaired) electrons. The first-order chi connectivity index (χ1) is 9.46. The van der Waals surface area contributed by atoms with Crippen LogP contribution in [0.2, 0.25) is 0 Å². The third kappa shape index (κ3) is 6.26. The lowest BCUT2D eigenvalue weighted by Crippen LogP contribution is -2.35. The number of benzene rings is 1. The summed E-state index contributed by atoms with van der Waals surface area (Å²) in [5.74, 6) is 1.55. The largest absolute Gasteiger partial charge is 0.493 e. The average Bonchev–Trinajstić information content (AvgIpc) is 2.41. The minimum Gasteiger partial charge on any atom is -0.493 e. The molecule has 0 saturated heterocycles. The van der Waals surface area contributed by atoms with Crippen molar-refractivity contribution in [2.75, 3.05) is 27.4 Å². The Morgan fingerprint density at radius 2 is 1.80 bits per heavy atom. The minimum atomic E-state index is 0.0998. The molecule has 0 aliphatic carbocycles. The van der Waals surface area contributed by atoms with Crippen LogP contribution in [0.4, 0.5) is 0 Å². The van der Waals surface area contributed by atoms with E-state index in [0.717, 1.165) is 24.5 Å². The van der Waals surface area contributed by atoms with Crippen molar-refractivity contribution in [3.63, 3.8) is 0 Å². The van der Waals surface area contributed by atoms with E-state index in [-0.39, 0.29) is 5.54 Å². The van der Waals surface area contributed by atoms with Gasteiger partial charge >= 0.3 is 0 Å². The molecule has 1 aromatic rings. The van der Waals surface area contributed by atoms with Crippen LogP contribution in [0.3, 0.4) is 0 Å². The van der Waals surface area contributed by atoms with Crippen LogP contribution in [0, 0.1) is 0 Å². The molecule has 4 nitrogen and oxygen atoms in total. The van der Waals surface area contributed by atoms with Gasteiger partial charge in [0, 0.05) is 32.2 Å². The van der Waals surface area contributed by atoms with Gasteiger partial charge in [-0.3, -0.25) is 0 Å². The Bertz CT molecular complexity index is 399. The molecular weight excluding hydrogens is 254 g/mol. The molecule has 0 fully saturated rings. The molecule has 114 valence electrons. The Balaban J connectivity index is 2.60. The monoisotopic (exact) mass is 281 g/mol. The Hall–Kier alpha value is -1.26. The molecule has 0 amide bonds. The summed E-state index contributed by atoms with van der Waals surface area (Å²) in [6.45, 7) is 8.59. The van der Waals surface area contributed by atoms with E-state index in [1.165, 1.54) is 5.56 Å². The highest BCUT2D eigenvalue weighted by atomic mass is 16.5. The predicted octanol–water partition coefficient (Wildman–Crippen LogP) is 3.00. The van der Waals surface area contributed by atoms with Gasteiger partial charge in [0.1, 0.15) is 0 Å². The molecule has 1 aromatic carbocycles. The summed E-state index contributed by atoms with van der Waals surface area (Å²) in [6, 6.07) is 6.04. The second kappa shape index (κ2) is 8.12. The highest BCUT2D eigenvalue weighted by Gasteiger charge is 2.10. The molecule has 0 heterocycles. The third-order valence-electron chi connectivity index (χ3n) is 2.80. The van der Waals surface area contributed by atoms with Crippen LogP contribution < -0.4 is 14.8 Å². The average molecular weight is 281 g/mol. The van der Waals surface area contributed by atoms with Gasteiger partial charge in [0.25, 0.3) is 0 Å². The van der Waals surface area contributed by atoms with E-state index in [2.05, 4.69) is 32.2 Å². The van der Waals surface area contributed by atoms with E-state index in [4.69, 9.17) is 14.2 Å². The molecule has 0 unspecified atom stereocenters. The third-order valence-corrected chi connectivity index (χ3v) is 2.80. The van der Waals surface area contributed by atoms with E-state index in [9.17, 15) is 0 Å². The predicted molar refractivity (Wildman–Crippen MR) is 81.6 cm³/mol. The lowest BCUT2D eigenvalue weighted by molar-refractivity contribution is 0.170. The van der Waals surface area contributed by atoms with Gasteiger partial charge in [0.05, 0.1) is 13.7 Å². The van der Waals surface area contributed by atoms with Gasteiger partial charge in [0.15, 0.2) is 11.5 Å². The van der Waals surface area contributed by atoms with E-state index in [0.29, 0.717) is 13.2 Å². The first-order valence-electron chi connectivity index (χ1n) is 7.00. The normalized spacial score (nSPS) is 11.4. The van der Waals surface area contributed by atoms with Crippen LogP contribution in [-0.4, -0.2) is 33.0 Å². The van der Waals surface area contributed by atoms with Gasteiger partial charge in [-0.15, -0.1) is 0 Å². The smallest absolute Gasteiger partial charge is 0.161 e. The number of methoxy groups -OCH3 is 2. The van der Waals surface area contributed by atoms with Crippen LogP contribution in [0.15, 0.2) is 18.2 Å². The van der Waals surface area contributed by atoms with Crippen molar-refractivity contribution in [2.24, 2.45) is 0 Å². The number of ether oxygens (including phenoxy) is 3. The summed E-state index contributed by atoms with van der Waals surface area (Å²) in [4.78, 5) is 0. The number of hydrogen-bond acceptors (Lipinski definition) is 4. The Labute approximate surface area is 122 Å². The molecule has 0 bridgehead atoms. The number of rotatable bonds is 8. The van der Waals surface area contributed by atoms with Crippen LogP contribution in [-0.2, 0) is 11.3 Å². The van der Waals surface area contributed by atoms with Crippen molar-refractivity contribution < 1.29 is 14.2 Å². The summed E-state index contributed by atoms with van der Waals surface area (Å²) < 4.78 is 16.1. The van der Waals surface area contributed by atoms with Gasteiger partial charge < -0.3 is 19.5 Å². The maximum atomic E-state index is 5.71. The number of hydrogen-bond donors (Lipinski definition) is 1. The minimum absolute atomic E-state index is 0.0998. The molecule has 0 aromatic heterocycles. The Kier molecular flexibility index (Phi) is 6.82. The summed E-state index contributed by atoms with van der Waals surface area (Å²) >= 11 is 0. The maximum Gasteiger partial charge on any atom is 0.161 e. The van der Waals surface area contributed by atoms with E-state index in [1.807, 2.05) is 12.1 Å². The fourth-order valence-corrected chi connectivity index (χ4v) is 1.69. The molecule has 0 aliphatic heterocycles. The molecule has 1 rings (SSSR count). The summed E-state index contributed by atoms with van der Waals surface area (Å²) in [6.07, 6.45) is 0.868. The zero-order valence-corrected chi connectivity index (χ0v) is 13.3. The van der Waals surface area contributed by atoms with E-state index < -0.39 is 0 Å². The molecule has 0 aliphatic rings. The van der Waals surface area contributed by atoms with E-state index >= 15 is 0 Å². The van der Waals surface area contributed by atoms with E-state index in [1.54, 1.807) is 14.2 Å². The standard InChI is InChI=1S/C16H27NO3/c1-16(2,3)17-12-13-7-8-14(15(11-13)19-5)20-10-6-9-18-4/h7-8,11,17H,6,9-10,12H2,1-5H3. The second-order valence-electron chi connectivity index (χ2n) is 5.78. The van der Waals surface area contributed by atoms with Crippen LogP contribution >= 0.6 is 0 Å². The molecule has 1 N–H and O–H groups in total. The lowest BCUT2D eigenvalue weighted by Gasteiger charge is -2.21. The highest BCUT2D eigenvalue weighted by Crippen LogP contribution is 2.28. The SMILES string of the molecule is COCCCOc1ccc(CNC(C)(C)C)cc1OC. The topological polar surface area (TPSA) is 39.7 Å². The van der Waals surface area contributed by atoms with Crippen LogP contribution in [0.5, 0.6) is 11.5 Å². The zero-order valence-electron chi connectivity index (χ0n) is 13.3. The quantitative estimate of drug-likeness (QED) is 0.744. The summed E-state index contributed by atoms with van der Waals surface area (Å²) in [5.41, 5.74) is 1.28. The van der Waals surface area contributed by atoms with Crippen molar-refractivity contribution in [2.45, 2.75) is 39.3 Å². The molecule has 0 atom stereocenters. The van der Waals surface area contributed by atoms with Gasteiger partial charge in [-0.25, -0.2) is 0 Å². The van der Waals surface area contributed by atoms with Crippen molar-refractivity contribution in [1.29, 1.82) is 0 Å². The van der Waals surface area contributed by atoms with Crippen molar-refractivity contribution >= 4 is 0 Å². The van der Waals surface area contributed by atoms with Gasteiger partial charge in [-0.2, -0.15) is 0 Å². The molecular formula is C16H27NO3. The zero-order chi connectivity index (χ0) is 15.0. The lowest BCUT2D eigenvalue weighted by atomic mass is 10.1. The Morgan fingerprint density at radius 3 is 2.40 bits per heavy atom. The van der Waals surface area contributed by atoms with Gasteiger partial charge in [-0.1, -0.05) is 6.07 Å². The molecule has 4 heteroatoms. The van der Waals surface area contributed by atoms with Crippen molar-refractivity contribution in [1.82, 2.24) is 5.32 Å². The highest BCUT2D eigenvalue weighted by molar-refractivity contribution is 5.43. The summed E-state index contributed by atoms with van der Waals surface area (Å²) in [7, 11) is 3.36. The molecule has 0 spiro atoms. The van der Waals surface area contributed by atoms with Crippen LogP contribution in [0.25, 0.3) is 0 Å². The molecule has 20 heavy (non-hydrogen) atoms. The maximum absolute atomic E-state index is 5.71. The second-order valence-corrected chi connectivity index (χ2v) is 5.78. The molecule has 0 saturated carbocycles. The van der Waals surface area contributed by atoms with Crippen molar-refractivity contribution in [3.8, 4) is 11.5 Å². The van der Waals surface area contributed by atoms with Gasteiger partial charge in [0.2, 0.25) is 0 Å². The first kappa shape index (κ1) is 16.8. The van der Waals surface area contributed by atoms with Crippen LogP contribution in [0.1, 0.15) is 32.8 Å². The fraction of sp³-hybridized carbons (Fsp3) is 0.625.